The molecule has 0 saturated heterocycles. The van der Waals surface area contributed by atoms with Crippen LogP contribution in [0.1, 0.15) is 6.42 Å². The second-order valence-electron chi connectivity index (χ2n) is 3.92. The largest absolute Gasteiger partial charge is 0.495 e. The van der Waals surface area contributed by atoms with Crippen LogP contribution in [-0.2, 0) is 15.0 Å². The number of benzene rings is 1. The van der Waals surface area contributed by atoms with Gasteiger partial charge in [-0.05, 0) is 18.2 Å². The van der Waals surface area contributed by atoms with E-state index in [1.165, 1.54) is 14.2 Å². The first kappa shape index (κ1) is 16.7. The van der Waals surface area contributed by atoms with Gasteiger partial charge >= 0.3 is 16.2 Å². The van der Waals surface area contributed by atoms with Gasteiger partial charge in [-0.3, -0.25) is 9.52 Å². The summed E-state index contributed by atoms with van der Waals surface area (Å²) in [6, 6.07) is 4.88. The molecule has 20 heavy (non-hydrogen) atoms. The Kier molecular flexibility index (Phi) is 5.78. The molecule has 9 heteroatoms. The molecule has 0 bridgehead atoms. The molecule has 0 aromatic heterocycles. The monoisotopic (exact) mass is 366 g/mol. The summed E-state index contributed by atoms with van der Waals surface area (Å²) in [6.45, 7) is -0.124. The Morgan fingerprint density at radius 3 is 2.70 bits per heavy atom. The maximum Gasteiger partial charge on any atom is 0.304 e. The van der Waals surface area contributed by atoms with E-state index in [0.29, 0.717) is 10.2 Å². The highest BCUT2D eigenvalue weighted by Gasteiger charge is 2.20. The molecule has 0 aliphatic heterocycles. The lowest BCUT2D eigenvalue weighted by atomic mass is 10.3. The van der Waals surface area contributed by atoms with E-state index in [0.717, 1.165) is 4.31 Å². The zero-order chi connectivity index (χ0) is 15.3. The number of methoxy groups -OCH3 is 1. The predicted molar refractivity (Wildman–Crippen MR) is 78.1 cm³/mol. The molecule has 112 valence electrons. The van der Waals surface area contributed by atoms with Crippen molar-refractivity contribution in [3.63, 3.8) is 0 Å². The van der Waals surface area contributed by atoms with Gasteiger partial charge in [0.15, 0.2) is 0 Å². The molecule has 0 aliphatic carbocycles. The molecule has 0 radical (unpaired) electrons. The van der Waals surface area contributed by atoms with Crippen molar-refractivity contribution in [2.75, 3.05) is 25.4 Å². The third kappa shape index (κ3) is 4.66. The Hall–Kier alpha value is -1.32. The van der Waals surface area contributed by atoms with Crippen LogP contribution >= 0.6 is 15.9 Å². The lowest BCUT2D eigenvalue weighted by Crippen LogP contribution is -2.34. The molecule has 0 spiro atoms. The van der Waals surface area contributed by atoms with Gasteiger partial charge in [-0.1, -0.05) is 15.9 Å². The molecule has 1 aromatic rings. The Morgan fingerprint density at radius 2 is 2.15 bits per heavy atom. The van der Waals surface area contributed by atoms with E-state index >= 15 is 0 Å². The summed E-state index contributed by atoms with van der Waals surface area (Å²) in [5, 5.41) is 8.57. The van der Waals surface area contributed by atoms with Crippen LogP contribution in [0.2, 0.25) is 0 Å². The van der Waals surface area contributed by atoms with Crippen molar-refractivity contribution in [3.05, 3.63) is 22.7 Å². The second kappa shape index (κ2) is 6.91. The highest BCUT2D eigenvalue weighted by Crippen LogP contribution is 2.29. The third-order valence-corrected chi connectivity index (χ3v) is 4.43. The van der Waals surface area contributed by atoms with Gasteiger partial charge in [0.1, 0.15) is 5.75 Å². The molecule has 0 amide bonds. The summed E-state index contributed by atoms with van der Waals surface area (Å²) in [5.74, 6) is -0.699. The van der Waals surface area contributed by atoms with Gasteiger partial charge in [0.05, 0.1) is 19.2 Å². The number of ether oxygens (including phenoxy) is 1. The highest BCUT2D eigenvalue weighted by atomic mass is 79.9. The van der Waals surface area contributed by atoms with E-state index in [1.807, 2.05) is 0 Å². The SMILES string of the molecule is COc1ccc(Br)cc1NS(=O)(=O)N(C)CCC(=O)O. The lowest BCUT2D eigenvalue weighted by molar-refractivity contribution is -0.137. The molecule has 0 atom stereocenters. The van der Waals surface area contributed by atoms with Crippen LogP contribution in [0.4, 0.5) is 5.69 Å². The average Bonchev–Trinajstić information content (AvgIpc) is 2.35. The average molecular weight is 367 g/mol. The van der Waals surface area contributed by atoms with E-state index in [2.05, 4.69) is 20.7 Å². The summed E-state index contributed by atoms with van der Waals surface area (Å²) in [6.07, 6.45) is -0.271. The summed E-state index contributed by atoms with van der Waals surface area (Å²) in [5.41, 5.74) is 0.268. The Morgan fingerprint density at radius 1 is 1.50 bits per heavy atom. The first-order valence-corrected chi connectivity index (χ1v) is 7.79. The van der Waals surface area contributed by atoms with Crippen LogP contribution in [-0.4, -0.2) is 44.5 Å². The van der Waals surface area contributed by atoms with Crippen LogP contribution in [0.3, 0.4) is 0 Å². The zero-order valence-corrected chi connectivity index (χ0v) is 13.4. The number of carbonyl (C=O) groups is 1. The van der Waals surface area contributed by atoms with Gasteiger partial charge in [0, 0.05) is 18.1 Å². The molecule has 1 rings (SSSR count). The van der Waals surface area contributed by atoms with Crippen molar-refractivity contribution in [2.45, 2.75) is 6.42 Å². The van der Waals surface area contributed by atoms with Crippen LogP contribution in [0.25, 0.3) is 0 Å². The fraction of sp³-hybridized carbons (Fsp3) is 0.364. The fourth-order valence-corrected chi connectivity index (χ4v) is 2.64. The van der Waals surface area contributed by atoms with Gasteiger partial charge in [-0.15, -0.1) is 0 Å². The standard InChI is InChI=1S/C11H15BrN2O5S/c1-14(6-5-11(15)16)20(17,18)13-9-7-8(12)3-4-10(9)19-2/h3-4,7,13H,5-6H2,1-2H3,(H,15,16). The van der Waals surface area contributed by atoms with Crippen molar-refractivity contribution in [1.29, 1.82) is 0 Å². The number of nitrogens with one attached hydrogen (secondary N) is 1. The third-order valence-electron chi connectivity index (χ3n) is 2.45. The number of halogens is 1. The minimum absolute atomic E-state index is 0.124. The molecular weight excluding hydrogens is 352 g/mol. The molecular formula is C11H15BrN2O5S. The van der Waals surface area contributed by atoms with E-state index in [4.69, 9.17) is 9.84 Å². The minimum atomic E-state index is -3.84. The van der Waals surface area contributed by atoms with Crippen LogP contribution in [0.5, 0.6) is 5.75 Å². The fourth-order valence-electron chi connectivity index (χ4n) is 1.35. The first-order valence-electron chi connectivity index (χ1n) is 5.55. The van der Waals surface area contributed by atoms with E-state index in [-0.39, 0.29) is 18.7 Å². The first-order chi connectivity index (χ1) is 9.26. The van der Waals surface area contributed by atoms with Gasteiger partial charge in [-0.2, -0.15) is 12.7 Å². The van der Waals surface area contributed by atoms with E-state index in [1.54, 1.807) is 18.2 Å². The number of hydrogen-bond donors (Lipinski definition) is 2. The summed E-state index contributed by atoms with van der Waals surface area (Å²) in [7, 11) is -1.11. The Labute approximate surface area is 125 Å². The van der Waals surface area contributed by atoms with Gasteiger partial charge in [-0.25, -0.2) is 0 Å². The van der Waals surface area contributed by atoms with Crippen molar-refractivity contribution in [1.82, 2.24) is 4.31 Å². The second-order valence-corrected chi connectivity index (χ2v) is 6.61. The predicted octanol–water partition coefficient (Wildman–Crippen LogP) is 1.52. The molecule has 0 aliphatic rings. The quantitative estimate of drug-likeness (QED) is 0.762. The molecule has 0 fully saturated rings. The van der Waals surface area contributed by atoms with Gasteiger partial charge < -0.3 is 9.84 Å². The summed E-state index contributed by atoms with van der Waals surface area (Å²) >= 11 is 3.24. The lowest BCUT2D eigenvalue weighted by Gasteiger charge is -2.18. The van der Waals surface area contributed by atoms with Gasteiger partial charge in [0.25, 0.3) is 0 Å². The van der Waals surface area contributed by atoms with Crippen molar-refractivity contribution < 1.29 is 23.1 Å². The summed E-state index contributed by atoms with van der Waals surface area (Å²) in [4.78, 5) is 10.5. The number of carboxylic acid groups (broad SMARTS) is 1. The smallest absolute Gasteiger partial charge is 0.304 e. The molecule has 0 heterocycles. The molecule has 0 unspecified atom stereocenters. The summed E-state index contributed by atoms with van der Waals surface area (Å²) < 4.78 is 33.1. The molecule has 1 aromatic carbocycles. The molecule has 2 N–H and O–H groups in total. The Balaban J connectivity index is 2.90. The number of anilines is 1. The maximum atomic E-state index is 12.0. The van der Waals surface area contributed by atoms with E-state index < -0.39 is 16.2 Å². The van der Waals surface area contributed by atoms with Crippen molar-refractivity contribution >= 4 is 37.8 Å². The normalized spacial score (nSPS) is 11.4. The number of aliphatic carboxylic acids is 1. The molecule has 7 nitrogen and oxygen atoms in total. The van der Waals surface area contributed by atoms with Crippen molar-refractivity contribution in [2.24, 2.45) is 0 Å². The van der Waals surface area contributed by atoms with Gasteiger partial charge in [0.2, 0.25) is 0 Å². The van der Waals surface area contributed by atoms with Crippen LogP contribution in [0.15, 0.2) is 22.7 Å². The maximum absolute atomic E-state index is 12.0. The number of nitrogens with zero attached hydrogens (tertiary/aromatic N) is 1. The number of rotatable bonds is 7. The van der Waals surface area contributed by atoms with E-state index in [9.17, 15) is 13.2 Å². The topological polar surface area (TPSA) is 95.9 Å². The number of hydrogen-bond acceptors (Lipinski definition) is 4. The highest BCUT2D eigenvalue weighted by molar-refractivity contribution is 9.10. The zero-order valence-electron chi connectivity index (χ0n) is 11.0. The van der Waals surface area contributed by atoms with Crippen LogP contribution in [0, 0.1) is 0 Å². The number of carboxylic acids is 1. The van der Waals surface area contributed by atoms with Crippen molar-refractivity contribution in [3.8, 4) is 5.75 Å². The minimum Gasteiger partial charge on any atom is -0.495 e. The Bertz CT molecular complexity index is 590. The van der Waals surface area contributed by atoms with Crippen LogP contribution < -0.4 is 9.46 Å². The molecule has 0 saturated carbocycles.